The van der Waals surface area contributed by atoms with Gasteiger partial charge in [-0.25, -0.2) is 13.1 Å². The fourth-order valence-corrected chi connectivity index (χ4v) is 4.45. The smallest absolute Gasteiger partial charge is 0.214 e. The van der Waals surface area contributed by atoms with E-state index in [9.17, 15) is 8.42 Å². The van der Waals surface area contributed by atoms with Crippen molar-refractivity contribution in [3.05, 3.63) is 0 Å². The fraction of sp³-hybridized carbons (Fsp3) is 1.00. The topological polar surface area (TPSA) is 58.6 Å². The van der Waals surface area contributed by atoms with Crippen molar-refractivity contribution < 1.29 is 13.2 Å². The first-order chi connectivity index (χ1) is 9.18. The van der Waals surface area contributed by atoms with Crippen LogP contribution < -0.4 is 4.72 Å². The van der Waals surface area contributed by atoms with Gasteiger partial charge >= 0.3 is 0 Å². The summed E-state index contributed by atoms with van der Waals surface area (Å²) in [6.45, 7) is 5.05. The van der Waals surface area contributed by atoms with Crippen LogP contribution in [0.4, 0.5) is 0 Å². The maximum absolute atomic E-state index is 12.1. The minimum atomic E-state index is -3.08. The molecule has 1 heterocycles. The van der Waals surface area contributed by atoms with E-state index in [1.807, 2.05) is 0 Å². The highest BCUT2D eigenvalue weighted by Crippen LogP contribution is 2.22. The summed E-state index contributed by atoms with van der Waals surface area (Å²) in [4.78, 5) is 2.33. The fourth-order valence-electron chi connectivity index (χ4n) is 2.84. The molecule has 6 heteroatoms. The number of hydrogen-bond acceptors (Lipinski definition) is 4. The van der Waals surface area contributed by atoms with E-state index in [1.165, 1.54) is 6.42 Å². The molecule has 5 nitrogen and oxygen atoms in total. The Bertz CT molecular complexity index is 347. The van der Waals surface area contributed by atoms with E-state index >= 15 is 0 Å². The lowest BCUT2D eigenvalue weighted by atomic mass is 10.0. The highest BCUT2D eigenvalue weighted by molar-refractivity contribution is 7.90. The first-order valence-corrected chi connectivity index (χ1v) is 9.02. The Balaban J connectivity index is 1.63. The van der Waals surface area contributed by atoms with E-state index in [2.05, 4.69) is 9.62 Å². The van der Waals surface area contributed by atoms with Crippen LogP contribution in [-0.4, -0.2) is 58.0 Å². The summed E-state index contributed by atoms with van der Waals surface area (Å²) in [7, 11) is -3.08. The van der Waals surface area contributed by atoms with Gasteiger partial charge in [-0.3, -0.25) is 4.90 Å². The molecule has 0 spiro atoms. The summed E-state index contributed by atoms with van der Waals surface area (Å²) in [5.41, 5.74) is 0. The number of morpholine rings is 1. The third-order valence-electron chi connectivity index (χ3n) is 4.05. The Hall–Kier alpha value is -0.170. The molecule has 0 unspecified atom stereocenters. The van der Waals surface area contributed by atoms with Crippen LogP contribution in [-0.2, 0) is 14.8 Å². The molecule has 1 aliphatic carbocycles. The zero-order valence-corrected chi connectivity index (χ0v) is 12.5. The maximum Gasteiger partial charge on any atom is 0.214 e. The zero-order chi connectivity index (χ0) is 13.6. The summed E-state index contributed by atoms with van der Waals surface area (Å²) in [6, 6.07) is 0. The van der Waals surface area contributed by atoms with Gasteiger partial charge in [0.05, 0.1) is 18.5 Å². The molecule has 0 atom stereocenters. The highest BCUT2D eigenvalue weighted by atomic mass is 32.2. The Morgan fingerprint density at radius 1 is 1.11 bits per heavy atom. The van der Waals surface area contributed by atoms with Gasteiger partial charge in [0.15, 0.2) is 0 Å². The van der Waals surface area contributed by atoms with Crippen molar-refractivity contribution in [3.8, 4) is 0 Å². The molecule has 1 saturated carbocycles. The Kier molecular flexibility index (Phi) is 6.06. The van der Waals surface area contributed by atoms with Gasteiger partial charge < -0.3 is 4.74 Å². The largest absolute Gasteiger partial charge is 0.379 e. The van der Waals surface area contributed by atoms with Gasteiger partial charge in [0, 0.05) is 19.6 Å². The SMILES string of the molecule is O=S(=O)(NCCCN1CCOCC1)C1CCCCC1. The van der Waals surface area contributed by atoms with Crippen molar-refractivity contribution in [2.24, 2.45) is 0 Å². The number of hydrogen-bond donors (Lipinski definition) is 1. The lowest BCUT2D eigenvalue weighted by molar-refractivity contribution is 0.0376. The normalized spacial score (nSPS) is 23.6. The predicted molar refractivity (Wildman–Crippen MR) is 75.7 cm³/mol. The van der Waals surface area contributed by atoms with Gasteiger partial charge in [-0.2, -0.15) is 0 Å². The molecule has 0 bridgehead atoms. The molecule has 19 heavy (non-hydrogen) atoms. The zero-order valence-electron chi connectivity index (χ0n) is 11.6. The molecular formula is C13H26N2O3S. The van der Waals surface area contributed by atoms with Crippen LogP contribution in [0.3, 0.4) is 0 Å². The van der Waals surface area contributed by atoms with Gasteiger partial charge in [-0.05, 0) is 25.8 Å². The molecule has 0 aromatic rings. The second kappa shape index (κ2) is 7.57. The van der Waals surface area contributed by atoms with Crippen molar-refractivity contribution in [3.63, 3.8) is 0 Å². The molecule has 2 aliphatic rings. The van der Waals surface area contributed by atoms with Gasteiger partial charge in [-0.1, -0.05) is 19.3 Å². The molecule has 112 valence electrons. The lowest BCUT2D eigenvalue weighted by Crippen LogP contribution is -2.39. The van der Waals surface area contributed by atoms with Crippen LogP contribution in [0.15, 0.2) is 0 Å². The molecule has 1 aliphatic heterocycles. The standard InChI is InChI=1S/C13H26N2O3S/c16-19(17,13-5-2-1-3-6-13)14-7-4-8-15-9-11-18-12-10-15/h13-14H,1-12H2. The van der Waals surface area contributed by atoms with Crippen molar-refractivity contribution >= 4 is 10.0 Å². The Morgan fingerprint density at radius 2 is 1.79 bits per heavy atom. The number of nitrogens with one attached hydrogen (secondary N) is 1. The third-order valence-corrected chi connectivity index (χ3v) is 6.00. The predicted octanol–water partition coefficient (Wildman–Crippen LogP) is 0.961. The Labute approximate surface area is 116 Å². The number of ether oxygens (including phenoxy) is 1. The number of sulfonamides is 1. The molecular weight excluding hydrogens is 264 g/mol. The van der Waals surface area contributed by atoms with Crippen LogP contribution in [0.2, 0.25) is 0 Å². The monoisotopic (exact) mass is 290 g/mol. The summed E-state index contributed by atoms with van der Waals surface area (Å²) in [5, 5.41) is -0.148. The second-order valence-electron chi connectivity index (χ2n) is 5.51. The van der Waals surface area contributed by atoms with Crippen molar-refractivity contribution in [2.75, 3.05) is 39.4 Å². The van der Waals surface area contributed by atoms with Crippen LogP contribution in [0.1, 0.15) is 38.5 Å². The van der Waals surface area contributed by atoms with E-state index in [0.717, 1.165) is 65.0 Å². The number of nitrogens with zero attached hydrogens (tertiary/aromatic N) is 1. The summed E-state index contributed by atoms with van der Waals surface area (Å²) >= 11 is 0. The van der Waals surface area contributed by atoms with Crippen LogP contribution in [0.5, 0.6) is 0 Å². The third kappa shape index (κ3) is 5.02. The first kappa shape index (κ1) is 15.2. The molecule has 0 aromatic carbocycles. The van der Waals surface area contributed by atoms with Gasteiger partial charge in [0.1, 0.15) is 0 Å². The average molecular weight is 290 g/mol. The molecule has 0 radical (unpaired) electrons. The van der Waals surface area contributed by atoms with E-state index in [1.54, 1.807) is 0 Å². The van der Waals surface area contributed by atoms with Gasteiger partial charge in [0.25, 0.3) is 0 Å². The summed E-state index contributed by atoms with van der Waals surface area (Å²) < 4.78 is 32.3. The van der Waals surface area contributed by atoms with Gasteiger partial charge in [-0.15, -0.1) is 0 Å². The van der Waals surface area contributed by atoms with Crippen molar-refractivity contribution in [2.45, 2.75) is 43.8 Å². The lowest BCUT2D eigenvalue weighted by Gasteiger charge is -2.26. The quantitative estimate of drug-likeness (QED) is 0.740. The summed E-state index contributed by atoms with van der Waals surface area (Å²) in [5.74, 6) is 0. The number of rotatable bonds is 6. The average Bonchev–Trinajstić information content (AvgIpc) is 2.46. The molecule has 2 fully saturated rings. The molecule has 1 N–H and O–H groups in total. The summed E-state index contributed by atoms with van der Waals surface area (Å²) in [6.07, 6.45) is 5.84. The van der Waals surface area contributed by atoms with Crippen LogP contribution in [0, 0.1) is 0 Å². The first-order valence-electron chi connectivity index (χ1n) is 7.47. The van der Waals surface area contributed by atoms with Crippen LogP contribution >= 0.6 is 0 Å². The Morgan fingerprint density at radius 3 is 2.47 bits per heavy atom. The van der Waals surface area contributed by atoms with Gasteiger partial charge in [0.2, 0.25) is 10.0 Å². The molecule has 0 amide bonds. The highest BCUT2D eigenvalue weighted by Gasteiger charge is 2.26. The van der Waals surface area contributed by atoms with Crippen LogP contribution in [0.25, 0.3) is 0 Å². The molecule has 2 rings (SSSR count). The van der Waals surface area contributed by atoms with Crippen molar-refractivity contribution in [1.29, 1.82) is 0 Å². The van der Waals surface area contributed by atoms with E-state index in [4.69, 9.17) is 4.74 Å². The van der Waals surface area contributed by atoms with Crippen molar-refractivity contribution in [1.82, 2.24) is 9.62 Å². The maximum atomic E-state index is 12.1. The minimum absolute atomic E-state index is 0.148. The van der Waals surface area contributed by atoms with E-state index in [0.29, 0.717) is 6.54 Å². The van der Waals surface area contributed by atoms with E-state index < -0.39 is 10.0 Å². The molecule has 0 aromatic heterocycles. The van der Waals surface area contributed by atoms with E-state index in [-0.39, 0.29) is 5.25 Å². The second-order valence-corrected chi connectivity index (χ2v) is 7.55. The minimum Gasteiger partial charge on any atom is -0.379 e. The molecule has 1 saturated heterocycles.